The zero-order valence-corrected chi connectivity index (χ0v) is 13.4. The standard InChI is InChI=1S/C16H19BrN2O/c1-11-5-13(9-19-8-11)10-20-16-12(2)6-15(17)7-14(16)3-4-18/h5-9H,3-4,10,18H2,1-2H3. The molecule has 106 valence electrons. The number of aryl methyl sites for hydroxylation is 2. The molecular formula is C16H19BrN2O. The molecule has 0 radical (unpaired) electrons. The van der Waals surface area contributed by atoms with Gasteiger partial charge in [0.05, 0.1) is 0 Å². The molecule has 0 saturated heterocycles. The molecule has 2 rings (SSSR count). The highest BCUT2D eigenvalue weighted by molar-refractivity contribution is 9.10. The smallest absolute Gasteiger partial charge is 0.126 e. The van der Waals surface area contributed by atoms with Crippen molar-refractivity contribution in [2.75, 3.05) is 6.54 Å². The Balaban J connectivity index is 2.20. The van der Waals surface area contributed by atoms with Gasteiger partial charge in [0.15, 0.2) is 0 Å². The fourth-order valence-corrected chi connectivity index (χ4v) is 2.82. The molecule has 0 aliphatic rings. The van der Waals surface area contributed by atoms with Crippen molar-refractivity contribution in [2.45, 2.75) is 26.9 Å². The van der Waals surface area contributed by atoms with Gasteiger partial charge in [0, 0.05) is 22.4 Å². The summed E-state index contributed by atoms with van der Waals surface area (Å²) in [6, 6.07) is 6.22. The van der Waals surface area contributed by atoms with Gasteiger partial charge in [0.2, 0.25) is 0 Å². The van der Waals surface area contributed by atoms with Gasteiger partial charge < -0.3 is 10.5 Å². The van der Waals surface area contributed by atoms with E-state index in [9.17, 15) is 0 Å². The van der Waals surface area contributed by atoms with Crippen LogP contribution < -0.4 is 10.5 Å². The van der Waals surface area contributed by atoms with Crippen LogP contribution in [0.4, 0.5) is 0 Å². The van der Waals surface area contributed by atoms with E-state index in [2.05, 4.69) is 46.0 Å². The van der Waals surface area contributed by atoms with E-state index in [1.165, 1.54) is 0 Å². The van der Waals surface area contributed by atoms with E-state index < -0.39 is 0 Å². The first-order chi connectivity index (χ1) is 9.60. The lowest BCUT2D eigenvalue weighted by Crippen LogP contribution is -2.07. The molecule has 1 aromatic carbocycles. The van der Waals surface area contributed by atoms with Crippen molar-refractivity contribution in [1.82, 2.24) is 4.98 Å². The summed E-state index contributed by atoms with van der Waals surface area (Å²) in [6.45, 7) is 5.21. The number of hydrogen-bond acceptors (Lipinski definition) is 3. The van der Waals surface area contributed by atoms with Gasteiger partial charge >= 0.3 is 0 Å². The highest BCUT2D eigenvalue weighted by Gasteiger charge is 2.09. The lowest BCUT2D eigenvalue weighted by atomic mass is 10.1. The molecule has 0 aliphatic heterocycles. The molecule has 2 N–H and O–H groups in total. The molecule has 4 heteroatoms. The number of hydrogen-bond donors (Lipinski definition) is 1. The summed E-state index contributed by atoms with van der Waals surface area (Å²) in [7, 11) is 0. The predicted molar refractivity (Wildman–Crippen MR) is 84.9 cm³/mol. The third kappa shape index (κ3) is 3.81. The Labute approximate surface area is 128 Å². The van der Waals surface area contributed by atoms with Crippen molar-refractivity contribution in [3.63, 3.8) is 0 Å². The lowest BCUT2D eigenvalue weighted by Gasteiger charge is -2.15. The van der Waals surface area contributed by atoms with E-state index in [0.717, 1.165) is 38.9 Å². The highest BCUT2D eigenvalue weighted by Crippen LogP contribution is 2.29. The first-order valence-corrected chi connectivity index (χ1v) is 7.42. The zero-order chi connectivity index (χ0) is 14.5. The molecule has 1 aromatic heterocycles. The van der Waals surface area contributed by atoms with Gasteiger partial charge in [-0.05, 0) is 61.7 Å². The lowest BCUT2D eigenvalue weighted by molar-refractivity contribution is 0.300. The van der Waals surface area contributed by atoms with Gasteiger partial charge in [-0.3, -0.25) is 4.98 Å². The van der Waals surface area contributed by atoms with Crippen molar-refractivity contribution in [1.29, 1.82) is 0 Å². The number of nitrogens with two attached hydrogens (primary N) is 1. The summed E-state index contributed by atoms with van der Waals surface area (Å²) in [6.07, 6.45) is 4.49. The van der Waals surface area contributed by atoms with Crippen LogP contribution in [0.3, 0.4) is 0 Å². The maximum Gasteiger partial charge on any atom is 0.126 e. The van der Waals surface area contributed by atoms with Crippen LogP contribution in [0.1, 0.15) is 22.3 Å². The molecule has 0 bridgehead atoms. The number of halogens is 1. The summed E-state index contributed by atoms with van der Waals surface area (Å²) in [4.78, 5) is 4.18. The van der Waals surface area contributed by atoms with Crippen molar-refractivity contribution >= 4 is 15.9 Å². The monoisotopic (exact) mass is 334 g/mol. The molecule has 0 amide bonds. The number of pyridine rings is 1. The normalized spacial score (nSPS) is 10.6. The van der Waals surface area contributed by atoms with E-state index in [4.69, 9.17) is 10.5 Å². The van der Waals surface area contributed by atoms with Crippen molar-refractivity contribution in [2.24, 2.45) is 5.73 Å². The Hall–Kier alpha value is -1.39. The molecule has 1 heterocycles. The molecule has 0 aliphatic carbocycles. The second-order valence-corrected chi connectivity index (χ2v) is 5.82. The fraction of sp³-hybridized carbons (Fsp3) is 0.312. The maximum atomic E-state index is 6.00. The Kier molecular flexibility index (Phi) is 5.15. The summed E-state index contributed by atoms with van der Waals surface area (Å²) in [5, 5.41) is 0. The third-order valence-electron chi connectivity index (χ3n) is 3.04. The molecule has 20 heavy (non-hydrogen) atoms. The largest absolute Gasteiger partial charge is 0.488 e. The fourth-order valence-electron chi connectivity index (χ4n) is 2.20. The van der Waals surface area contributed by atoms with Gasteiger partial charge in [-0.2, -0.15) is 0 Å². The maximum absolute atomic E-state index is 6.00. The number of aromatic nitrogens is 1. The summed E-state index contributed by atoms with van der Waals surface area (Å²) < 4.78 is 7.06. The van der Waals surface area contributed by atoms with E-state index in [-0.39, 0.29) is 0 Å². The quantitative estimate of drug-likeness (QED) is 0.909. The van der Waals surface area contributed by atoms with Crippen LogP contribution in [-0.2, 0) is 13.0 Å². The van der Waals surface area contributed by atoms with Crippen LogP contribution >= 0.6 is 15.9 Å². The van der Waals surface area contributed by atoms with Crippen molar-refractivity contribution in [3.8, 4) is 5.75 Å². The molecule has 0 spiro atoms. The molecule has 0 atom stereocenters. The average Bonchev–Trinajstić information content (AvgIpc) is 2.38. The SMILES string of the molecule is Cc1cncc(COc2c(C)cc(Br)cc2CCN)c1. The van der Waals surface area contributed by atoms with Crippen molar-refractivity contribution < 1.29 is 4.74 Å². The molecule has 0 unspecified atom stereocenters. The van der Waals surface area contributed by atoms with Crippen LogP contribution in [0.2, 0.25) is 0 Å². The topological polar surface area (TPSA) is 48.1 Å². The predicted octanol–water partition coefficient (Wildman–Crippen LogP) is 3.54. The minimum atomic E-state index is 0.523. The van der Waals surface area contributed by atoms with Crippen LogP contribution in [0.15, 0.2) is 35.1 Å². The van der Waals surface area contributed by atoms with Gasteiger partial charge in [0.25, 0.3) is 0 Å². The van der Waals surface area contributed by atoms with E-state index in [0.29, 0.717) is 13.2 Å². The molecule has 0 fully saturated rings. The minimum Gasteiger partial charge on any atom is -0.488 e. The van der Waals surface area contributed by atoms with Crippen LogP contribution in [0, 0.1) is 13.8 Å². The summed E-state index contributed by atoms with van der Waals surface area (Å²) >= 11 is 3.52. The first-order valence-electron chi connectivity index (χ1n) is 6.62. The van der Waals surface area contributed by atoms with Crippen molar-refractivity contribution in [3.05, 3.63) is 57.3 Å². The number of benzene rings is 1. The first kappa shape index (κ1) is 15.0. The molecule has 2 aromatic rings. The van der Waals surface area contributed by atoms with Crippen LogP contribution in [-0.4, -0.2) is 11.5 Å². The molecule has 3 nitrogen and oxygen atoms in total. The van der Waals surface area contributed by atoms with E-state index >= 15 is 0 Å². The Morgan fingerprint density at radius 1 is 1.20 bits per heavy atom. The van der Waals surface area contributed by atoms with Gasteiger partial charge in [-0.1, -0.05) is 15.9 Å². The van der Waals surface area contributed by atoms with Gasteiger partial charge in [0.1, 0.15) is 12.4 Å². The Morgan fingerprint density at radius 3 is 2.70 bits per heavy atom. The molecule has 0 saturated carbocycles. The molecular weight excluding hydrogens is 316 g/mol. The Bertz CT molecular complexity index is 599. The second-order valence-electron chi connectivity index (χ2n) is 4.91. The minimum absolute atomic E-state index is 0.523. The zero-order valence-electron chi connectivity index (χ0n) is 11.8. The second kappa shape index (κ2) is 6.86. The highest BCUT2D eigenvalue weighted by atomic mass is 79.9. The summed E-state index contributed by atoms with van der Waals surface area (Å²) in [5.41, 5.74) is 10.1. The van der Waals surface area contributed by atoms with Gasteiger partial charge in [-0.25, -0.2) is 0 Å². The van der Waals surface area contributed by atoms with Gasteiger partial charge in [-0.15, -0.1) is 0 Å². The number of nitrogens with zero attached hydrogens (tertiary/aromatic N) is 1. The number of ether oxygens (including phenoxy) is 1. The Morgan fingerprint density at radius 2 is 2.00 bits per heavy atom. The number of rotatable bonds is 5. The van der Waals surface area contributed by atoms with Crippen LogP contribution in [0.5, 0.6) is 5.75 Å². The summed E-state index contributed by atoms with van der Waals surface area (Å²) in [5.74, 6) is 0.931. The van der Waals surface area contributed by atoms with Crippen LogP contribution in [0.25, 0.3) is 0 Å². The van der Waals surface area contributed by atoms with E-state index in [1.807, 2.05) is 19.3 Å². The van der Waals surface area contributed by atoms with E-state index in [1.54, 1.807) is 0 Å². The third-order valence-corrected chi connectivity index (χ3v) is 3.50. The average molecular weight is 335 g/mol.